The van der Waals surface area contributed by atoms with Crippen molar-refractivity contribution in [1.82, 2.24) is 14.5 Å². The van der Waals surface area contributed by atoms with Crippen molar-refractivity contribution in [2.75, 3.05) is 0 Å². The van der Waals surface area contributed by atoms with Crippen molar-refractivity contribution in [3.05, 3.63) is 139 Å². The van der Waals surface area contributed by atoms with Crippen molar-refractivity contribution in [3.63, 3.8) is 0 Å². The van der Waals surface area contributed by atoms with Gasteiger partial charge in [-0.3, -0.25) is 9.55 Å². The number of benzene rings is 5. The molecule has 5 nitrogen and oxygen atoms in total. The van der Waals surface area contributed by atoms with Crippen LogP contribution in [-0.2, 0) is 10.8 Å². The first-order valence-electron chi connectivity index (χ1n) is 17.6. The van der Waals surface area contributed by atoms with Crippen LogP contribution in [0.25, 0.3) is 71.6 Å². The Balaban J connectivity index is 1.24. The van der Waals surface area contributed by atoms with Crippen LogP contribution in [0, 0.1) is 0 Å². The van der Waals surface area contributed by atoms with Gasteiger partial charge in [0.05, 0.1) is 16.7 Å². The number of rotatable bonds is 4. The van der Waals surface area contributed by atoms with Crippen molar-refractivity contribution in [2.24, 2.45) is 0 Å². The Morgan fingerprint density at radius 1 is 0.529 bits per heavy atom. The molecule has 0 aliphatic rings. The third-order valence-corrected chi connectivity index (χ3v) is 10.1. The molecule has 0 atom stereocenters. The van der Waals surface area contributed by atoms with Gasteiger partial charge >= 0.3 is 0 Å². The summed E-state index contributed by atoms with van der Waals surface area (Å²) >= 11 is 0. The largest absolute Gasteiger partial charge is 0.457 e. The first-order chi connectivity index (χ1) is 24.5. The van der Waals surface area contributed by atoms with Gasteiger partial charge in [-0.25, -0.2) is 4.98 Å². The maximum atomic E-state index is 6.82. The van der Waals surface area contributed by atoms with Gasteiger partial charge < -0.3 is 9.15 Å². The summed E-state index contributed by atoms with van der Waals surface area (Å²) in [6.45, 7) is 13.4. The molecule has 0 saturated carbocycles. The van der Waals surface area contributed by atoms with Gasteiger partial charge in [0, 0.05) is 51.0 Å². The third kappa shape index (κ3) is 5.23. The number of aromatic nitrogens is 3. The molecule has 9 aromatic rings. The Hall–Kier alpha value is -5.94. The standard InChI is InChI=1S/C46H39N3O2/c1-45(2,3)29-19-21-47-39(23-29)38-26-32(25-37-36-17-15-28-11-7-8-12-33(28)43(36)51-44(37)38)50-31-16-18-35-34-13-9-10-14-40(34)49(41(35)27-31)42-24-30(20-22-48-42)46(4,5)6/h7-27H,1-6H3. The van der Waals surface area contributed by atoms with E-state index in [0.717, 1.165) is 72.0 Å². The molecule has 0 bridgehead atoms. The first-order valence-corrected chi connectivity index (χ1v) is 17.6. The van der Waals surface area contributed by atoms with Crippen LogP contribution in [0.4, 0.5) is 0 Å². The monoisotopic (exact) mass is 665 g/mol. The van der Waals surface area contributed by atoms with Gasteiger partial charge in [-0.2, -0.15) is 0 Å². The number of nitrogens with zero attached hydrogens (tertiary/aromatic N) is 3. The summed E-state index contributed by atoms with van der Waals surface area (Å²) < 4.78 is 15.8. The summed E-state index contributed by atoms with van der Waals surface area (Å²) in [5.74, 6) is 2.33. The summed E-state index contributed by atoms with van der Waals surface area (Å²) in [6.07, 6.45) is 3.80. The number of fused-ring (bicyclic) bond motifs is 8. The number of hydrogen-bond acceptors (Lipinski definition) is 4. The van der Waals surface area contributed by atoms with Gasteiger partial charge in [-0.15, -0.1) is 0 Å². The molecule has 4 heterocycles. The molecule has 5 aromatic carbocycles. The molecular formula is C46H39N3O2. The third-order valence-electron chi connectivity index (χ3n) is 10.1. The highest BCUT2D eigenvalue weighted by molar-refractivity contribution is 6.17. The molecule has 4 aromatic heterocycles. The maximum absolute atomic E-state index is 6.82. The minimum Gasteiger partial charge on any atom is -0.457 e. The zero-order chi connectivity index (χ0) is 35.1. The van der Waals surface area contributed by atoms with E-state index < -0.39 is 0 Å². The summed E-state index contributed by atoms with van der Waals surface area (Å²) in [5, 5.41) is 6.58. The molecule has 9 rings (SSSR count). The average Bonchev–Trinajstić information content (AvgIpc) is 3.66. The molecule has 0 unspecified atom stereocenters. The van der Waals surface area contributed by atoms with Crippen molar-refractivity contribution < 1.29 is 9.15 Å². The Morgan fingerprint density at radius 3 is 2.02 bits per heavy atom. The van der Waals surface area contributed by atoms with Crippen molar-refractivity contribution >= 4 is 54.5 Å². The number of hydrogen-bond donors (Lipinski definition) is 0. The number of para-hydroxylation sites is 1. The van der Waals surface area contributed by atoms with E-state index in [4.69, 9.17) is 19.1 Å². The van der Waals surface area contributed by atoms with Gasteiger partial charge in [0.25, 0.3) is 0 Å². The Kier molecular flexibility index (Phi) is 6.88. The van der Waals surface area contributed by atoms with Crippen LogP contribution in [-0.4, -0.2) is 14.5 Å². The molecule has 51 heavy (non-hydrogen) atoms. The minimum atomic E-state index is -0.0376. The van der Waals surface area contributed by atoms with E-state index in [1.54, 1.807) is 0 Å². The predicted molar refractivity (Wildman–Crippen MR) is 211 cm³/mol. The van der Waals surface area contributed by atoms with E-state index in [9.17, 15) is 0 Å². The number of pyridine rings is 2. The normalized spacial score (nSPS) is 12.5. The second-order valence-electron chi connectivity index (χ2n) is 15.6. The SMILES string of the molecule is CC(C)(C)c1ccnc(-c2cc(Oc3ccc4c5ccccc5n(-c5cc(C(C)(C)C)ccn5)c4c3)cc3c2oc2c4ccccc4ccc32)c1. The molecule has 0 N–H and O–H groups in total. The van der Waals surface area contributed by atoms with E-state index in [2.05, 4.69) is 161 Å². The quantitative estimate of drug-likeness (QED) is 0.188. The van der Waals surface area contributed by atoms with Crippen LogP contribution in [0.2, 0.25) is 0 Å². The van der Waals surface area contributed by atoms with Gasteiger partial charge in [-0.1, -0.05) is 90.1 Å². The molecule has 5 heteroatoms. The molecule has 0 fully saturated rings. The Bertz CT molecular complexity index is 2810. The van der Waals surface area contributed by atoms with E-state index >= 15 is 0 Å². The second-order valence-corrected chi connectivity index (χ2v) is 15.6. The first kappa shape index (κ1) is 31.1. The molecule has 0 aliphatic carbocycles. The average molecular weight is 666 g/mol. The molecule has 0 amide bonds. The van der Waals surface area contributed by atoms with Crippen molar-refractivity contribution in [3.8, 4) is 28.6 Å². The van der Waals surface area contributed by atoms with Gasteiger partial charge in [-0.05, 0) is 88.0 Å². The van der Waals surface area contributed by atoms with Crippen LogP contribution >= 0.6 is 0 Å². The molecule has 0 spiro atoms. The predicted octanol–water partition coefficient (Wildman–Crippen LogP) is 12.7. The van der Waals surface area contributed by atoms with Crippen LogP contribution in [0.3, 0.4) is 0 Å². The van der Waals surface area contributed by atoms with Crippen molar-refractivity contribution in [2.45, 2.75) is 52.4 Å². The van der Waals surface area contributed by atoms with Gasteiger partial charge in [0.2, 0.25) is 0 Å². The Morgan fingerprint density at radius 2 is 1.22 bits per heavy atom. The van der Waals surface area contributed by atoms with Gasteiger partial charge in [0.1, 0.15) is 28.5 Å². The van der Waals surface area contributed by atoms with Crippen LogP contribution < -0.4 is 4.74 Å². The number of furan rings is 1. The summed E-state index contributed by atoms with van der Waals surface area (Å²) in [6, 6.07) is 40.3. The molecule has 0 saturated heterocycles. The second kappa shape index (κ2) is 11.3. The lowest BCUT2D eigenvalue weighted by Gasteiger charge is -2.20. The van der Waals surface area contributed by atoms with E-state index in [-0.39, 0.29) is 10.8 Å². The lowest BCUT2D eigenvalue weighted by Crippen LogP contribution is -2.12. The smallest absolute Gasteiger partial charge is 0.145 e. The molecule has 0 radical (unpaired) electrons. The topological polar surface area (TPSA) is 53.1 Å². The summed E-state index contributed by atoms with van der Waals surface area (Å²) in [4.78, 5) is 9.72. The highest BCUT2D eigenvalue weighted by atomic mass is 16.5. The minimum absolute atomic E-state index is 0.00806. The zero-order valence-corrected chi connectivity index (χ0v) is 29.8. The fraction of sp³-hybridized carbons (Fsp3) is 0.174. The highest BCUT2D eigenvalue weighted by Gasteiger charge is 2.22. The van der Waals surface area contributed by atoms with Gasteiger partial charge in [0.15, 0.2) is 0 Å². The van der Waals surface area contributed by atoms with Crippen LogP contribution in [0.15, 0.2) is 132 Å². The molecular weight excluding hydrogens is 627 g/mol. The molecule has 0 aliphatic heterocycles. The van der Waals surface area contributed by atoms with E-state index in [1.165, 1.54) is 16.5 Å². The summed E-state index contributed by atoms with van der Waals surface area (Å²) in [7, 11) is 0. The lowest BCUT2D eigenvalue weighted by molar-refractivity contribution is 0.484. The summed E-state index contributed by atoms with van der Waals surface area (Å²) in [5.41, 5.74) is 7.94. The number of ether oxygens (including phenoxy) is 1. The highest BCUT2D eigenvalue weighted by Crippen LogP contribution is 2.43. The van der Waals surface area contributed by atoms with E-state index in [1.807, 2.05) is 12.4 Å². The lowest BCUT2D eigenvalue weighted by atomic mass is 9.87. The fourth-order valence-corrected chi connectivity index (χ4v) is 7.28. The van der Waals surface area contributed by atoms with Crippen LogP contribution in [0.5, 0.6) is 11.5 Å². The van der Waals surface area contributed by atoms with Crippen LogP contribution in [0.1, 0.15) is 52.7 Å². The fourth-order valence-electron chi connectivity index (χ4n) is 7.28. The van der Waals surface area contributed by atoms with E-state index in [0.29, 0.717) is 5.75 Å². The molecule has 250 valence electrons. The Labute approximate surface area is 297 Å². The maximum Gasteiger partial charge on any atom is 0.145 e. The zero-order valence-electron chi connectivity index (χ0n) is 29.8. The van der Waals surface area contributed by atoms with Crippen molar-refractivity contribution in [1.29, 1.82) is 0 Å².